The Bertz CT molecular complexity index is 415. The molecule has 0 saturated heterocycles. The molecule has 2 unspecified atom stereocenters. The lowest BCUT2D eigenvalue weighted by Crippen LogP contribution is -2.30. The van der Waals surface area contributed by atoms with Crippen LogP contribution in [0.2, 0.25) is 0 Å². The van der Waals surface area contributed by atoms with Crippen LogP contribution >= 0.6 is 0 Å². The first-order valence-electron chi connectivity index (χ1n) is 5.73. The van der Waals surface area contributed by atoms with E-state index in [1.165, 1.54) is 12.5 Å². The van der Waals surface area contributed by atoms with Crippen LogP contribution in [-0.4, -0.2) is 22.6 Å². The number of anilines is 1. The van der Waals surface area contributed by atoms with Gasteiger partial charge in [0.25, 0.3) is 5.56 Å². The van der Waals surface area contributed by atoms with E-state index in [1.807, 2.05) is 0 Å². The van der Waals surface area contributed by atoms with Gasteiger partial charge in [-0.25, -0.2) is 4.98 Å². The predicted octanol–water partition coefficient (Wildman–Crippen LogP) is 0.618. The SMILES string of the molecule is Cc1nc(NC2CCCC2CN)cc(=O)[nH]1. The van der Waals surface area contributed by atoms with Crippen molar-refractivity contribution in [3.05, 3.63) is 22.2 Å². The standard InChI is InChI=1S/C11H18N4O/c1-7-13-10(5-11(16)14-7)15-9-4-2-3-8(9)6-12/h5,8-9H,2-4,6,12H2,1H3,(H2,13,14,15,16). The van der Waals surface area contributed by atoms with E-state index < -0.39 is 0 Å². The van der Waals surface area contributed by atoms with Crippen LogP contribution in [0.1, 0.15) is 25.1 Å². The molecule has 2 atom stereocenters. The van der Waals surface area contributed by atoms with E-state index in [0.29, 0.717) is 30.1 Å². The van der Waals surface area contributed by atoms with Crippen LogP contribution in [-0.2, 0) is 0 Å². The number of aromatic amines is 1. The highest BCUT2D eigenvalue weighted by molar-refractivity contribution is 5.34. The van der Waals surface area contributed by atoms with Crippen molar-refractivity contribution in [1.29, 1.82) is 0 Å². The second-order valence-electron chi connectivity index (χ2n) is 4.39. The van der Waals surface area contributed by atoms with Crippen molar-refractivity contribution < 1.29 is 0 Å². The third kappa shape index (κ3) is 2.41. The molecule has 0 bridgehead atoms. The molecule has 0 radical (unpaired) electrons. The molecule has 1 saturated carbocycles. The van der Waals surface area contributed by atoms with Crippen molar-refractivity contribution in [2.24, 2.45) is 11.7 Å². The maximum absolute atomic E-state index is 11.3. The summed E-state index contributed by atoms with van der Waals surface area (Å²) in [5.74, 6) is 1.80. The molecule has 4 N–H and O–H groups in total. The molecule has 1 aromatic heterocycles. The minimum atomic E-state index is -0.114. The molecule has 1 aromatic rings. The lowest BCUT2D eigenvalue weighted by Gasteiger charge is -2.19. The lowest BCUT2D eigenvalue weighted by atomic mass is 10.0. The molecule has 0 amide bonds. The Labute approximate surface area is 94.5 Å². The van der Waals surface area contributed by atoms with Gasteiger partial charge in [0.05, 0.1) is 0 Å². The lowest BCUT2D eigenvalue weighted by molar-refractivity contribution is 0.515. The molecule has 5 heteroatoms. The minimum absolute atomic E-state index is 0.114. The van der Waals surface area contributed by atoms with E-state index >= 15 is 0 Å². The number of rotatable bonds is 3. The molecular weight excluding hydrogens is 204 g/mol. The van der Waals surface area contributed by atoms with E-state index in [1.54, 1.807) is 6.92 Å². The zero-order valence-electron chi connectivity index (χ0n) is 9.49. The fourth-order valence-electron chi connectivity index (χ4n) is 2.35. The van der Waals surface area contributed by atoms with Crippen LogP contribution in [0.4, 0.5) is 5.82 Å². The number of hydrogen-bond donors (Lipinski definition) is 3. The second kappa shape index (κ2) is 4.65. The van der Waals surface area contributed by atoms with Crippen LogP contribution in [0.15, 0.2) is 10.9 Å². The molecule has 1 aliphatic carbocycles. The number of hydrogen-bond acceptors (Lipinski definition) is 4. The highest BCUT2D eigenvalue weighted by Crippen LogP contribution is 2.26. The number of nitrogens with zero attached hydrogens (tertiary/aromatic N) is 1. The smallest absolute Gasteiger partial charge is 0.252 e. The molecular formula is C11H18N4O. The molecule has 88 valence electrons. The van der Waals surface area contributed by atoms with Crippen LogP contribution in [0.3, 0.4) is 0 Å². The highest BCUT2D eigenvalue weighted by Gasteiger charge is 2.26. The zero-order valence-corrected chi connectivity index (χ0v) is 9.49. The Morgan fingerprint density at radius 3 is 3.12 bits per heavy atom. The third-order valence-electron chi connectivity index (χ3n) is 3.16. The number of H-pyrrole nitrogens is 1. The summed E-state index contributed by atoms with van der Waals surface area (Å²) in [6, 6.07) is 1.86. The van der Waals surface area contributed by atoms with Gasteiger partial charge in [-0.05, 0) is 32.2 Å². The molecule has 1 aliphatic rings. The van der Waals surface area contributed by atoms with Gasteiger partial charge in [0.1, 0.15) is 11.6 Å². The Balaban J connectivity index is 2.11. The zero-order chi connectivity index (χ0) is 11.5. The monoisotopic (exact) mass is 222 g/mol. The van der Waals surface area contributed by atoms with Gasteiger partial charge < -0.3 is 16.0 Å². The Hall–Kier alpha value is -1.36. The van der Waals surface area contributed by atoms with E-state index in [4.69, 9.17) is 5.73 Å². The first-order valence-corrected chi connectivity index (χ1v) is 5.73. The fourth-order valence-corrected chi connectivity index (χ4v) is 2.35. The first kappa shape index (κ1) is 11.1. The van der Waals surface area contributed by atoms with E-state index in [9.17, 15) is 4.79 Å². The Kier molecular flexibility index (Phi) is 3.24. The quantitative estimate of drug-likeness (QED) is 0.700. The second-order valence-corrected chi connectivity index (χ2v) is 4.39. The van der Waals surface area contributed by atoms with Gasteiger partial charge in [0, 0.05) is 12.1 Å². The van der Waals surface area contributed by atoms with Crippen LogP contribution in [0.5, 0.6) is 0 Å². The van der Waals surface area contributed by atoms with Crippen molar-refractivity contribution in [1.82, 2.24) is 9.97 Å². The molecule has 1 heterocycles. The summed E-state index contributed by atoms with van der Waals surface area (Å²) in [6.07, 6.45) is 3.47. The number of aryl methyl sites for hydroxylation is 1. The predicted molar refractivity (Wildman–Crippen MR) is 63.4 cm³/mol. The van der Waals surface area contributed by atoms with Gasteiger partial charge in [-0.3, -0.25) is 4.79 Å². The van der Waals surface area contributed by atoms with Crippen LogP contribution in [0, 0.1) is 12.8 Å². The summed E-state index contributed by atoms with van der Waals surface area (Å²) in [4.78, 5) is 18.2. The average Bonchev–Trinajstić information content (AvgIpc) is 2.63. The van der Waals surface area contributed by atoms with Crippen molar-refractivity contribution in [3.63, 3.8) is 0 Å². The van der Waals surface area contributed by atoms with Crippen molar-refractivity contribution in [2.45, 2.75) is 32.2 Å². The Morgan fingerprint density at radius 2 is 2.44 bits per heavy atom. The average molecular weight is 222 g/mol. The van der Waals surface area contributed by atoms with E-state index in [0.717, 1.165) is 12.8 Å². The van der Waals surface area contributed by atoms with Gasteiger partial charge in [-0.15, -0.1) is 0 Å². The normalized spacial score (nSPS) is 24.6. The van der Waals surface area contributed by atoms with Crippen LogP contribution in [0.25, 0.3) is 0 Å². The van der Waals surface area contributed by atoms with Gasteiger partial charge in [-0.2, -0.15) is 0 Å². The molecule has 16 heavy (non-hydrogen) atoms. The maximum atomic E-state index is 11.3. The number of nitrogens with two attached hydrogens (primary N) is 1. The van der Waals surface area contributed by atoms with Crippen molar-refractivity contribution in [2.75, 3.05) is 11.9 Å². The summed E-state index contributed by atoms with van der Waals surface area (Å²) in [5, 5.41) is 3.31. The van der Waals surface area contributed by atoms with Crippen molar-refractivity contribution in [3.8, 4) is 0 Å². The van der Waals surface area contributed by atoms with E-state index in [-0.39, 0.29) is 5.56 Å². The summed E-state index contributed by atoms with van der Waals surface area (Å²) in [7, 11) is 0. The number of nitrogens with one attached hydrogen (secondary N) is 2. The molecule has 0 spiro atoms. The molecule has 0 aromatic carbocycles. The fraction of sp³-hybridized carbons (Fsp3) is 0.636. The third-order valence-corrected chi connectivity index (χ3v) is 3.16. The molecule has 2 rings (SSSR count). The summed E-state index contributed by atoms with van der Waals surface area (Å²) in [6.45, 7) is 2.47. The van der Waals surface area contributed by atoms with Crippen LogP contribution < -0.4 is 16.6 Å². The minimum Gasteiger partial charge on any atom is -0.367 e. The number of aromatic nitrogens is 2. The van der Waals surface area contributed by atoms with Gasteiger partial charge in [-0.1, -0.05) is 6.42 Å². The van der Waals surface area contributed by atoms with Gasteiger partial charge >= 0.3 is 0 Å². The largest absolute Gasteiger partial charge is 0.367 e. The summed E-state index contributed by atoms with van der Waals surface area (Å²) in [5.41, 5.74) is 5.60. The summed E-state index contributed by atoms with van der Waals surface area (Å²) < 4.78 is 0. The van der Waals surface area contributed by atoms with Gasteiger partial charge in [0.2, 0.25) is 0 Å². The maximum Gasteiger partial charge on any atom is 0.252 e. The molecule has 0 aliphatic heterocycles. The van der Waals surface area contributed by atoms with E-state index in [2.05, 4.69) is 15.3 Å². The molecule has 5 nitrogen and oxygen atoms in total. The highest BCUT2D eigenvalue weighted by atomic mass is 16.1. The Morgan fingerprint density at radius 1 is 1.62 bits per heavy atom. The first-order chi connectivity index (χ1) is 7.69. The summed E-state index contributed by atoms with van der Waals surface area (Å²) >= 11 is 0. The molecule has 1 fully saturated rings. The van der Waals surface area contributed by atoms with Crippen molar-refractivity contribution >= 4 is 5.82 Å². The topological polar surface area (TPSA) is 83.8 Å². The van der Waals surface area contributed by atoms with Gasteiger partial charge in [0.15, 0.2) is 0 Å².